The molecule has 1 aromatic heterocycles. The van der Waals surface area contributed by atoms with Crippen LogP contribution in [0.25, 0.3) is 0 Å². The van der Waals surface area contributed by atoms with E-state index in [2.05, 4.69) is 18.4 Å². The molecule has 1 atom stereocenters. The summed E-state index contributed by atoms with van der Waals surface area (Å²) in [5.74, 6) is 0.103. The number of carbonyl (C=O) groups is 1. The zero-order chi connectivity index (χ0) is 21.2. The summed E-state index contributed by atoms with van der Waals surface area (Å²) in [5.41, 5.74) is 1.58. The number of amides is 1. The number of sulfonamides is 1. The number of thiophene rings is 1. The number of nitrogens with zero attached hydrogens (tertiary/aromatic N) is 2. The topological polar surface area (TPSA) is 66.9 Å². The SMILES string of the molecule is CCC1c2ccsc2CCN1C(=O)c1ccc(OC)c(S(=O)(=O)N(CC)CC)c1. The summed E-state index contributed by atoms with van der Waals surface area (Å²) >= 11 is 1.73. The number of methoxy groups -OCH3 is 1. The van der Waals surface area contributed by atoms with Gasteiger partial charge in [0.2, 0.25) is 10.0 Å². The van der Waals surface area contributed by atoms with Crippen molar-refractivity contribution >= 4 is 27.3 Å². The monoisotopic (exact) mass is 436 g/mol. The van der Waals surface area contributed by atoms with Gasteiger partial charge in [0.05, 0.1) is 13.2 Å². The van der Waals surface area contributed by atoms with Crippen LogP contribution < -0.4 is 4.74 Å². The Hall–Kier alpha value is -1.90. The summed E-state index contributed by atoms with van der Waals surface area (Å²) < 4.78 is 32.9. The highest BCUT2D eigenvalue weighted by atomic mass is 32.2. The molecule has 1 unspecified atom stereocenters. The van der Waals surface area contributed by atoms with E-state index in [0.717, 1.165) is 12.8 Å². The molecular weight excluding hydrogens is 408 g/mol. The molecule has 29 heavy (non-hydrogen) atoms. The average molecular weight is 437 g/mol. The van der Waals surface area contributed by atoms with Crippen molar-refractivity contribution in [3.05, 3.63) is 45.6 Å². The summed E-state index contributed by atoms with van der Waals surface area (Å²) in [6.07, 6.45) is 1.65. The molecule has 6 nitrogen and oxygen atoms in total. The third-order valence-corrected chi connectivity index (χ3v) is 8.54. The molecular formula is C21H28N2O4S2. The Morgan fingerprint density at radius 2 is 1.97 bits per heavy atom. The number of carbonyl (C=O) groups excluding carboxylic acids is 1. The summed E-state index contributed by atoms with van der Waals surface area (Å²) in [6, 6.07) is 6.80. The summed E-state index contributed by atoms with van der Waals surface area (Å²) in [7, 11) is -2.31. The summed E-state index contributed by atoms with van der Waals surface area (Å²) in [5, 5.41) is 2.07. The van der Waals surface area contributed by atoms with Gasteiger partial charge in [0.1, 0.15) is 10.6 Å². The molecule has 2 aromatic rings. The minimum Gasteiger partial charge on any atom is -0.495 e. The number of fused-ring (bicyclic) bond motifs is 1. The molecule has 0 N–H and O–H groups in total. The molecule has 8 heteroatoms. The van der Waals surface area contributed by atoms with E-state index in [9.17, 15) is 13.2 Å². The second-order valence-corrected chi connectivity index (χ2v) is 9.83. The van der Waals surface area contributed by atoms with E-state index >= 15 is 0 Å². The number of ether oxygens (including phenoxy) is 1. The van der Waals surface area contributed by atoms with E-state index in [0.29, 0.717) is 25.2 Å². The molecule has 0 radical (unpaired) electrons. The van der Waals surface area contributed by atoms with Crippen LogP contribution in [0.5, 0.6) is 5.75 Å². The maximum Gasteiger partial charge on any atom is 0.254 e. The quantitative estimate of drug-likeness (QED) is 0.659. The van der Waals surface area contributed by atoms with Gasteiger partial charge in [-0.25, -0.2) is 8.42 Å². The maximum absolute atomic E-state index is 13.4. The zero-order valence-electron chi connectivity index (χ0n) is 17.3. The molecule has 0 saturated carbocycles. The predicted molar refractivity (Wildman–Crippen MR) is 115 cm³/mol. The van der Waals surface area contributed by atoms with Gasteiger partial charge in [0.15, 0.2) is 0 Å². The minimum absolute atomic E-state index is 0.0161. The van der Waals surface area contributed by atoms with Crippen LogP contribution >= 0.6 is 11.3 Å². The van der Waals surface area contributed by atoms with Crippen molar-refractivity contribution in [2.24, 2.45) is 0 Å². The lowest BCUT2D eigenvalue weighted by Gasteiger charge is -2.35. The van der Waals surface area contributed by atoms with Gasteiger partial charge >= 0.3 is 0 Å². The van der Waals surface area contributed by atoms with E-state index in [4.69, 9.17) is 4.74 Å². The van der Waals surface area contributed by atoms with Crippen LogP contribution in [0.2, 0.25) is 0 Å². The molecule has 0 bridgehead atoms. The number of benzene rings is 1. The Labute approximate surface area is 177 Å². The van der Waals surface area contributed by atoms with Crippen LogP contribution in [0.1, 0.15) is 54.0 Å². The van der Waals surface area contributed by atoms with Gasteiger partial charge in [0.25, 0.3) is 5.91 Å². The van der Waals surface area contributed by atoms with Gasteiger partial charge < -0.3 is 9.64 Å². The highest BCUT2D eigenvalue weighted by molar-refractivity contribution is 7.89. The smallest absolute Gasteiger partial charge is 0.254 e. The first-order valence-electron chi connectivity index (χ1n) is 9.94. The summed E-state index contributed by atoms with van der Waals surface area (Å²) in [6.45, 7) is 6.99. The molecule has 1 aromatic carbocycles. The average Bonchev–Trinajstić information content (AvgIpc) is 3.21. The van der Waals surface area contributed by atoms with E-state index < -0.39 is 10.0 Å². The van der Waals surface area contributed by atoms with Crippen LogP contribution in [0, 0.1) is 0 Å². The van der Waals surface area contributed by atoms with E-state index in [-0.39, 0.29) is 22.6 Å². The normalized spacial score (nSPS) is 16.7. The van der Waals surface area contributed by atoms with Crippen molar-refractivity contribution in [2.45, 2.75) is 44.6 Å². The first-order chi connectivity index (χ1) is 13.9. The number of hydrogen-bond acceptors (Lipinski definition) is 5. The van der Waals surface area contributed by atoms with Crippen LogP contribution in [-0.4, -0.2) is 50.3 Å². The lowest BCUT2D eigenvalue weighted by atomic mass is 9.97. The Bertz CT molecular complexity index is 980. The second-order valence-electron chi connectivity index (χ2n) is 6.93. The Balaban J connectivity index is 2.01. The van der Waals surface area contributed by atoms with Gasteiger partial charge in [-0.3, -0.25) is 4.79 Å². The molecule has 0 saturated heterocycles. The van der Waals surface area contributed by atoms with E-state index in [1.807, 2.05) is 4.90 Å². The standard InChI is InChI=1S/C21H28N2O4S2/c1-5-17-16-11-13-28-19(16)10-12-23(17)21(24)15-8-9-18(27-4)20(14-15)29(25,26)22(6-2)7-3/h8-9,11,13-14,17H,5-7,10,12H2,1-4H3. The molecule has 1 aliphatic rings. The van der Waals surface area contributed by atoms with Crippen LogP contribution in [-0.2, 0) is 16.4 Å². The largest absolute Gasteiger partial charge is 0.495 e. The highest BCUT2D eigenvalue weighted by Crippen LogP contribution is 2.37. The summed E-state index contributed by atoms with van der Waals surface area (Å²) in [4.78, 5) is 16.6. The molecule has 0 fully saturated rings. The van der Waals surface area contributed by atoms with Gasteiger partial charge in [0, 0.05) is 30.1 Å². The Kier molecular flexibility index (Phi) is 6.65. The molecule has 3 rings (SSSR count). The van der Waals surface area contributed by atoms with E-state index in [1.165, 1.54) is 27.9 Å². The Morgan fingerprint density at radius 1 is 1.24 bits per heavy atom. The van der Waals surface area contributed by atoms with Gasteiger partial charge in [-0.1, -0.05) is 20.8 Å². The minimum atomic E-state index is -3.75. The molecule has 0 spiro atoms. The highest BCUT2D eigenvalue weighted by Gasteiger charge is 2.32. The van der Waals surface area contributed by atoms with Gasteiger partial charge in [-0.15, -0.1) is 11.3 Å². The van der Waals surface area contributed by atoms with Crippen molar-refractivity contribution < 1.29 is 17.9 Å². The van der Waals surface area contributed by atoms with Crippen molar-refractivity contribution in [1.82, 2.24) is 9.21 Å². The Morgan fingerprint density at radius 3 is 2.59 bits per heavy atom. The van der Waals surface area contributed by atoms with Gasteiger partial charge in [-0.2, -0.15) is 4.31 Å². The van der Waals surface area contributed by atoms with Gasteiger partial charge in [-0.05, 0) is 48.1 Å². The molecule has 0 aliphatic carbocycles. The molecule has 1 amide bonds. The van der Waals surface area contributed by atoms with Crippen molar-refractivity contribution in [3.8, 4) is 5.75 Å². The van der Waals surface area contributed by atoms with Crippen molar-refractivity contribution in [1.29, 1.82) is 0 Å². The lowest BCUT2D eigenvalue weighted by molar-refractivity contribution is 0.0657. The van der Waals surface area contributed by atoms with Crippen LogP contribution in [0.3, 0.4) is 0 Å². The third kappa shape index (κ3) is 3.93. The number of hydrogen-bond donors (Lipinski definition) is 0. The predicted octanol–water partition coefficient (Wildman–Crippen LogP) is 3.94. The third-order valence-electron chi connectivity index (χ3n) is 5.48. The molecule has 1 aliphatic heterocycles. The number of rotatable bonds is 7. The van der Waals surface area contributed by atoms with Crippen LogP contribution in [0.15, 0.2) is 34.5 Å². The fourth-order valence-corrected chi connectivity index (χ4v) is 6.53. The van der Waals surface area contributed by atoms with Crippen LogP contribution in [0.4, 0.5) is 0 Å². The first-order valence-corrected chi connectivity index (χ1v) is 12.3. The lowest BCUT2D eigenvalue weighted by Crippen LogP contribution is -2.39. The molecule has 2 heterocycles. The fourth-order valence-electron chi connectivity index (χ4n) is 3.96. The van der Waals surface area contributed by atoms with Crippen molar-refractivity contribution in [2.75, 3.05) is 26.7 Å². The second kappa shape index (κ2) is 8.85. The molecule has 158 valence electrons. The first kappa shape index (κ1) is 21.8. The zero-order valence-corrected chi connectivity index (χ0v) is 19.0. The fraction of sp³-hybridized carbons (Fsp3) is 0.476. The van der Waals surface area contributed by atoms with E-state index in [1.54, 1.807) is 37.3 Å². The van der Waals surface area contributed by atoms with Crippen molar-refractivity contribution in [3.63, 3.8) is 0 Å². The maximum atomic E-state index is 13.4.